The van der Waals surface area contributed by atoms with Crippen molar-refractivity contribution < 1.29 is 4.74 Å². The normalized spacial score (nSPS) is 37.8. The van der Waals surface area contributed by atoms with Gasteiger partial charge < -0.3 is 4.74 Å². The fraction of sp³-hybridized carbons (Fsp3) is 1.00. The van der Waals surface area contributed by atoms with Crippen LogP contribution in [-0.2, 0) is 4.74 Å². The molecule has 0 bridgehead atoms. The average Bonchev–Trinajstić information content (AvgIpc) is 2.44. The molecule has 5 atom stereocenters. The predicted molar refractivity (Wildman–Crippen MR) is 83.3 cm³/mol. The molecular formula is C16H33N3O. The first kappa shape index (κ1) is 16.2. The lowest BCUT2D eigenvalue weighted by atomic mass is 9.72. The molecule has 4 heteroatoms. The highest BCUT2D eigenvalue weighted by atomic mass is 16.5. The molecule has 1 heterocycles. The monoisotopic (exact) mass is 283 g/mol. The van der Waals surface area contributed by atoms with Crippen LogP contribution < -0.4 is 11.3 Å². The molecule has 0 aromatic carbocycles. The summed E-state index contributed by atoms with van der Waals surface area (Å²) >= 11 is 0. The lowest BCUT2D eigenvalue weighted by Crippen LogP contribution is -2.57. The van der Waals surface area contributed by atoms with Gasteiger partial charge in [-0.05, 0) is 43.6 Å². The minimum Gasteiger partial charge on any atom is -0.374 e. The van der Waals surface area contributed by atoms with Crippen molar-refractivity contribution in [2.45, 2.75) is 58.6 Å². The van der Waals surface area contributed by atoms with E-state index in [1.807, 2.05) is 0 Å². The maximum absolute atomic E-state index is 6.04. The number of hydrogen-bond donors (Lipinski definition) is 2. The van der Waals surface area contributed by atoms with Crippen molar-refractivity contribution in [1.82, 2.24) is 10.3 Å². The molecule has 2 fully saturated rings. The maximum Gasteiger partial charge on any atom is 0.0871 e. The largest absolute Gasteiger partial charge is 0.374 e. The molecular weight excluding hydrogens is 250 g/mol. The second-order valence-corrected chi connectivity index (χ2v) is 6.93. The van der Waals surface area contributed by atoms with E-state index in [0.717, 1.165) is 31.5 Å². The van der Waals surface area contributed by atoms with Crippen LogP contribution in [0.3, 0.4) is 0 Å². The quantitative estimate of drug-likeness (QED) is 0.598. The fourth-order valence-electron chi connectivity index (χ4n) is 3.93. The zero-order valence-electron chi connectivity index (χ0n) is 13.5. The van der Waals surface area contributed by atoms with Gasteiger partial charge in [0.15, 0.2) is 0 Å². The van der Waals surface area contributed by atoms with Crippen LogP contribution in [-0.4, -0.2) is 43.3 Å². The second-order valence-electron chi connectivity index (χ2n) is 6.93. The van der Waals surface area contributed by atoms with Crippen molar-refractivity contribution in [2.75, 3.05) is 26.2 Å². The number of hydrogen-bond acceptors (Lipinski definition) is 4. The topological polar surface area (TPSA) is 50.5 Å². The Morgan fingerprint density at radius 3 is 2.75 bits per heavy atom. The van der Waals surface area contributed by atoms with Gasteiger partial charge in [-0.25, -0.2) is 0 Å². The van der Waals surface area contributed by atoms with Crippen molar-refractivity contribution in [1.29, 1.82) is 0 Å². The van der Waals surface area contributed by atoms with E-state index >= 15 is 0 Å². The minimum absolute atomic E-state index is 0.255. The van der Waals surface area contributed by atoms with Gasteiger partial charge in [-0.3, -0.25) is 16.2 Å². The van der Waals surface area contributed by atoms with Gasteiger partial charge in [-0.1, -0.05) is 27.2 Å². The van der Waals surface area contributed by atoms with Crippen LogP contribution in [0.4, 0.5) is 0 Å². The SMILES string of the molecule is CCCN1CCOC(C(NN)C2CCC(C)C(C)C2)C1. The van der Waals surface area contributed by atoms with E-state index in [2.05, 4.69) is 31.1 Å². The fourth-order valence-corrected chi connectivity index (χ4v) is 3.93. The third-order valence-electron chi connectivity index (χ3n) is 5.46. The molecule has 0 aromatic heterocycles. The first-order valence-electron chi connectivity index (χ1n) is 8.45. The summed E-state index contributed by atoms with van der Waals surface area (Å²) in [6, 6.07) is 0.310. The standard InChI is InChI=1S/C16H33N3O/c1-4-7-19-8-9-20-15(11-19)16(18-17)14-6-5-12(2)13(3)10-14/h12-16,18H,4-11,17H2,1-3H3. The summed E-state index contributed by atoms with van der Waals surface area (Å²) in [5, 5.41) is 0. The minimum atomic E-state index is 0.255. The highest BCUT2D eigenvalue weighted by molar-refractivity contribution is 4.90. The van der Waals surface area contributed by atoms with E-state index in [9.17, 15) is 0 Å². The molecule has 20 heavy (non-hydrogen) atoms. The molecule has 1 saturated carbocycles. The van der Waals surface area contributed by atoms with E-state index in [0.29, 0.717) is 12.0 Å². The van der Waals surface area contributed by atoms with Crippen molar-refractivity contribution in [3.05, 3.63) is 0 Å². The molecule has 4 nitrogen and oxygen atoms in total. The Kier molecular flexibility index (Phi) is 6.27. The molecule has 0 radical (unpaired) electrons. The Labute approximate surface area is 124 Å². The second kappa shape index (κ2) is 7.74. The molecule has 118 valence electrons. The highest BCUT2D eigenvalue weighted by Crippen LogP contribution is 2.36. The first-order valence-corrected chi connectivity index (χ1v) is 8.45. The summed E-state index contributed by atoms with van der Waals surface area (Å²) in [4.78, 5) is 2.52. The Morgan fingerprint density at radius 1 is 1.30 bits per heavy atom. The summed E-state index contributed by atoms with van der Waals surface area (Å²) < 4.78 is 6.04. The summed E-state index contributed by atoms with van der Waals surface area (Å²) in [7, 11) is 0. The van der Waals surface area contributed by atoms with E-state index in [1.165, 1.54) is 32.2 Å². The van der Waals surface area contributed by atoms with Crippen LogP contribution in [0.5, 0.6) is 0 Å². The number of hydrazine groups is 1. The number of ether oxygens (including phenoxy) is 1. The first-order chi connectivity index (χ1) is 9.65. The zero-order valence-corrected chi connectivity index (χ0v) is 13.5. The smallest absolute Gasteiger partial charge is 0.0871 e. The van der Waals surface area contributed by atoms with Crippen molar-refractivity contribution in [3.8, 4) is 0 Å². The molecule has 2 rings (SSSR count). The highest BCUT2D eigenvalue weighted by Gasteiger charge is 2.36. The number of rotatable bonds is 5. The Balaban J connectivity index is 1.93. The van der Waals surface area contributed by atoms with Gasteiger partial charge in [0.2, 0.25) is 0 Å². The van der Waals surface area contributed by atoms with Crippen molar-refractivity contribution >= 4 is 0 Å². The van der Waals surface area contributed by atoms with E-state index < -0.39 is 0 Å². The molecule has 1 saturated heterocycles. The van der Waals surface area contributed by atoms with Crippen molar-refractivity contribution in [3.63, 3.8) is 0 Å². The average molecular weight is 283 g/mol. The van der Waals surface area contributed by atoms with Crippen LogP contribution in [0.15, 0.2) is 0 Å². The lowest BCUT2D eigenvalue weighted by molar-refractivity contribution is -0.0623. The van der Waals surface area contributed by atoms with Crippen LogP contribution in [0.2, 0.25) is 0 Å². The van der Waals surface area contributed by atoms with Gasteiger partial charge >= 0.3 is 0 Å². The van der Waals surface area contributed by atoms with Crippen LogP contribution in [0.1, 0.15) is 46.5 Å². The molecule has 0 aromatic rings. The number of morpholine rings is 1. The van der Waals surface area contributed by atoms with Gasteiger partial charge in [-0.15, -0.1) is 0 Å². The molecule has 2 aliphatic rings. The summed E-state index contributed by atoms with van der Waals surface area (Å²) in [6.07, 6.45) is 5.37. The number of nitrogens with two attached hydrogens (primary N) is 1. The van der Waals surface area contributed by atoms with E-state index in [-0.39, 0.29) is 6.10 Å². The Bertz CT molecular complexity index is 285. The van der Waals surface area contributed by atoms with Crippen LogP contribution >= 0.6 is 0 Å². The lowest BCUT2D eigenvalue weighted by Gasteiger charge is -2.42. The van der Waals surface area contributed by atoms with Gasteiger partial charge in [0.05, 0.1) is 18.8 Å². The molecule has 5 unspecified atom stereocenters. The molecule has 1 aliphatic heterocycles. The van der Waals surface area contributed by atoms with Crippen LogP contribution in [0.25, 0.3) is 0 Å². The zero-order chi connectivity index (χ0) is 14.5. The Morgan fingerprint density at radius 2 is 2.10 bits per heavy atom. The molecule has 0 amide bonds. The van der Waals surface area contributed by atoms with Crippen molar-refractivity contribution in [2.24, 2.45) is 23.6 Å². The Hall–Kier alpha value is -0.160. The summed E-state index contributed by atoms with van der Waals surface area (Å²) in [6.45, 7) is 11.1. The van der Waals surface area contributed by atoms with Gasteiger partial charge in [0, 0.05) is 13.1 Å². The third-order valence-corrected chi connectivity index (χ3v) is 5.46. The predicted octanol–water partition coefficient (Wildman–Crippen LogP) is 2.00. The molecule has 1 aliphatic carbocycles. The van der Waals surface area contributed by atoms with Gasteiger partial charge in [-0.2, -0.15) is 0 Å². The maximum atomic E-state index is 6.04. The number of nitrogens with one attached hydrogen (secondary N) is 1. The van der Waals surface area contributed by atoms with E-state index in [1.54, 1.807) is 0 Å². The van der Waals surface area contributed by atoms with Crippen LogP contribution in [0, 0.1) is 17.8 Å². The van der Waals surface area contributed by atoms with E-state index in [4.69, 9.17) is 10.6 Å². The molecule has 0 spiro atoms. The molecule has 3 N–H and O–H groups in total. The number of nitrogens with zero attached hydrogens (tertiary/aromatic N) is 1. The third kappa shape index (κ3) is 3.94. The van der Waals surface area contributed by atoms with Gasteiger partial charge in [0.1, 0.15) is 0 Å². The summed E-state index contributed by atoms with van der Waals surface area (Å²) in [5.41, 5.74) is 3.09. The van der Waals surface area contributed by atoms with Gasteiger partial charge in [0.25, 0.3) is 0 Å². The summed E-state index contributed by atoms with van der Waals surface area (Å²) in [5.74, 6) is 8.21.